The van der Waals surface area contributed by atoms with Crippen LogP contribution in [0.5, 0.6) is 0 Å². The summed E-state index contributed by atoms with van der Waals surface area (Å²) < 4.78 is 6.18. The van der Waals surface area contributed by atoms with Crippen LogP contribution in [-0.4, -0.2) is 48.7 Å². The van der Waals surface area contributed by atoms with Crippen LogP contribution < -0.4 is 0 Å². The van der Waals surface area contributed by atoms with Crippen molar-refractivity contribution in [2.45, 2.75) is 19.3 Å². The van der Waals surface area contributed by atoms with E-state index in [0.29, 0.717) is 26.0 Å². The third-order valence-electron chi connectivity index (χ3n) is 3.64. The number of benzene rings is 1. The molecule has 5 nitrogen and oxygen atoms in total. The fraction of sp³-hybridized carbons (Fsp3) is 0.412. The van der Waals surface area contributed by atoms with Crippen molar-refractivity contribution < 1.29 is 19.4 Å². The van der Waals surface area contributed by atoms with Crippen LogP contribution in [0.2, 0.25) is 0 Å². The Labute approximate surface area is 139 Å². The van der Waals surface area contributed by atoms with Gasteiger partial charge in [0.05, 0.1) is 6.61 Å². The molecule has 0 bridgehead atoms. The lowest BCUT2D eigenvalue weighted by Gasteiger charge is -2.20. The molecule has 0 fully saturated rings. The molecule has 0 unspecified atom stereocenters. The highest BCUT2D eigenvalue weighted by molar-refractivity contribution is 7.17. The number of ether oxygens (including phenoxy) is 1. The third kappa shape index (κ3) is 5.04. The van der Waals surface area contributed by atoms with E-state index in [0.717, 1.165) is 6.42 Å². The maximum atomic E-state index is 12.2. The quantitative estimate of drug-likeness (QED) is 0.765. The van der Waals surface area contributed by atoms with Crippen molar-refractivity contribution >= 4 is 33.3 Å². The molecule has 0 atom stereocenters. The van der Waals surface area contributed by atoms with Gasteiger partial charge in [0.25, 0.3) is 0 Å². The molecule has 0 aliphatic carbocycles. The van der Waals surface area contributed by atoms with Crippen molar-refractivity contribution in [3.63, 3.8) is 0 Å². The molecular formula is C17H21NO4S. The van der Waals surface area contributed by atoms with Crippen LogP contribution in [-0.2, 0) is 20.7 Å². The minimum absolute atomic E-state index is 0.135. The zero-order chi connectivity index (χ0) is 16.7. The summed E-state index contributed by atoms with van der Waals surface area (Å²) in [6, 6.07) is 8.22. The van der Waals surface area contributed by atoms with Gasteiger partial charge in [0.15, 0.2) is 0 Å². The number of nitrogens with zero attached hydrogens (tertiary/aromatic N) is 1. The average Bonchev–Trinajstić information content (AvgIpc) is 2.94. The Bertz CT molecular complexity index is 667. The molecule has 1 aromatic heterocycles. The van der Waals surface area contributed by atoms with E-state index < -0.39 is 5.97 Å². The van der Waals surface area contributed by atoms with Crippen molar-refractivity contribution in [1.82, 2.24) is 4.90 Å². The number of hydrogen-bond acceptors (Lipinski definition) is 4. The molecule has 0 radical (unpaired) electrons. The van der Waals surface area contributed by atoms with Gasteiger partial charge in [0.2, 0.25) is 5.91 Å². The standard InChI is InChI=1S/C17H21NO4S/c1-22-10-9-18(11-17(20)21)16(19)8-4-5-13-12-23-15-7-3-2-6-14(13)15/h2-3,6-7,12H,4-5,8-11H2,1H3,(H,20,21). The molecule has 0 aliphatic rings. The Kier molecular flexibility index (Phi) is 6.55. The highest BCUT2D eigenvalue weighted by atomic mass is 32.1. The lowest BCUT2D eigenvalue weighted by molar-refractivity contribution is -0.144. The summed E-state index contributed by atoms with van der Waals surface area (Å²) in [7, 11) is 1.53. The molecule has 23 heavy (non-hydrogen) atoms. The molecule has 6 heteroatoms. The number of aryl methyl sites for hydroxylation is 1. The Morgan fingerprint density at radius 2 is 2.09 bits per heavy atom. The van der Waals surface area contributed by atoms with E-state index >= 15 is 0 Å². The van der Waals surface area contributed by atoms with Gasteiger partial charge in [-0.25, -0.2) is 0 Å². The molecule has 1 amide bonds. The number of thiophene rings is 1. The highest BCUT2D eigenvalue weighted by Crippen LogP contribution is 2.26. The Balaban J connectivity index is 1.88. The largest absolute Gasteiger partial charge is 0.480 e. The number of hydrogen-bond donors (Lipinski definition) is 1. The van der Waals surface area contributed by atoms with E-state index in [1.54, 1.807) is 11.3 Å². The number of rotatable bonds is 9. The molecule has 0 aliphatic heterocycles. The van der Waals surface area contributed by atoms with Crippen LogP contribution in [0.3, 0.4) is 0 Å². The zero-order valence-electron chi connectivity index (χ0n) is 13.2. The predicted molar refractivity (Wildman–Crippen MR) is 90.9 cm³/mol. The normalized spacial score (nSPS) is 10.8. The number of carboxylic acids is 1. The van der Waals surface area contributed by atoms with Crippen LogP contribution >= 0.6 is 11.3 Å². The summed E-state index contributed by atoms with van der Waals surface area (Å²) in [5, 5.41) is 12.3. The van der Waals surface area contributed by atoms with E-state index in [9.17, 15) is 9.59 Å². The van der Waals surface area contributed by atoms with Gasteiger partial charge in [0, 0.05) is 24.8 Å². The van der Waals surface area contributed by atoms with E-state index in [1.165, 1.54) is 27.7 Å². The lowest BCUT2D eigenvalue weighted by Crippen LogP contribution is -2.37. The maximum Gasteiger partial charge on any atom is 0.323 e. The first-order valence-electron chi connectivity index (χ1n) is 7.55. The van der Waals surface area contributed by atoms with Crippen LogP contribution in [0.4, 0.5) is 0 Å². The summed E-state index contributed by atoms with van der Waals surface area (Å²) in [4.78, 5) is 24.4. The monoisotopic (exact) mass is 335 g/mol. The van der Waals surface area contributed by atoms with Crippen molar-refractivity contribution in [2.75, 3.05) is 26.8 Å². The Morgan fingerprint density at radius 3 is 2.83 bits per heavy atom. The number of carboxylic acid groups (broad SMARTS) is 1. The van der Waals surface area contributed by atoms with Crippen LogP contribution in [0.25, 0.3) is 10.1 Å². The van der Waals surface area contributed by atoms with Crippen molar-refractivity contribution in [1.29, 1.82) is 0 Å². The SMILES string of the molecule is COCCN(CC(=O)O)C(=O)CCCc1csc2ccccc12. The summed E-state index contributed by atoms with van der Waals surface area (Å²) in [5.74, 6) is -1.14. The minimum Gasteiger partial charge on any atom is -0.480 e. The van der Waals surface area contributed by atoms with Crippen LogP contribution in [0, 0.1) is 0 Å². The molecule has 1 aromatic carbocycles. The summed E-state index contributed by atoms with van der Waals surface area (Å²) in [6.45, 7) is 0.376. The summed E-state index contributed by atoms with van der Waals surface area (Å²) >= 11 is 1.71. The van der Waals surface area contributed by atoms with Gasteiger partial charge < -0.3 is 14.7 Å². The first-order chi connectivity index (χ1) is 11.1. The fourth-order valence-corrected chi connectivity index (χ4v) is 3.47. The summed E-state index contributed by atoms with van der Waals surface area (Å²) in [6.07, 6.45) is 1.88. The predicted octanol–water partition coefficient (Wildman–Crippen LogP) is 2.78. The van der Waals surface area contributed by atoms with Gasteiger partial charge in [-0.1, -0.05) is 18.2 Å². The second kappa shape index (κ2) is 8.64. The number of methoxy groups -OCH3 is 1. The van der Waals surface area contributed by atoms with Gasteiger partial charge in [0.1, 0.15) is 6.54 Å². The molecule has 2 rings (SSSR count). The minimum atomic E-state index is -1.00. The van der Waals surface area contributed by atoms with Crippen molar-refractivity contribution in [3.8, 4) is 0 Å². The van der Waals surface area contributed by atoms with Gasteiger partial charge in [-0.05, 0) is 35.2 Å². The topological polar surface area (TPSA) is 66.8 Å². The van der Waals surface area contributed by atoms with Crippen molar-refractivity contribution in [2.24, 2.45) is 0 Å². The smallest absolute Gasteiger partial charge is 0.323 e. The zero-order valence-corrected chi connectivity index (χ0v) is 14.0. The molecule has 1 N–H and O–H groups in total. The number of fused-ring (bicyclic) bond motifs is 1. The fourth-order valence-electron chi connectivity index (χ4n) is 2.47. The molecule has 0 spiro atoms. The van der Waals surface area contributed by atoms with Gasteiger partial charge >= 0.3 is 5.97 Å². The Hall–Kier alpha value is -1.92. The third-order valence-corrected chi connectivity index (χ3v) is 4.65. The second-order valence-electron chi connectivity index (χ2n) is 5.31. The second-order valence-corrected chi connectivity index (χ2v) is 6.22. The van der Waals surface area contributed by atoms with Gasteiger partial charge in [-0.2, -0.15) is 0 Å². The first-order valence-corrected chi connectivity index (χ1v) is 8.43. The Morgan fingerprint density at radius 1 is 1.30 bits per heavy atom. The van der Waals surface area contributed by atoms with Gasteiger partial charge in [-0.15, -0.1) is 11.3 Å². The maximum absolute atomic E-state index is 12.2. The molecular weight excluding hydrogens is 314 g/mol. The van der Waals surface area contributed by atoms with Crippen LogP contribution in [0.15, 0.2) is 29.6 Å². The molecule has 124 valence electrons. The average molecular weight is 335 g/mol. The van der Waals surface area contributed by atoms with Crippen LogP contribution in [0.1, 0.15) is 18.4 Å². The molecule has 0 saturated carbocycles. The highest BCUT2D eigenvalue weighted by Gasteiger charge is 2.16. The lowest BCUT2D eigenvalue weighted by atomic mass is 10.1. The van der Waals surface area contributed by atoms with E-state index in [-0.39, 0.29) is 12.5 Å². The molecule has 2 aromatic rings. The summed E-state index contributed by atoms with van der Waals surface area (Å²) in [5.41, 5.74) is 1.25. The van der Waals surface area contributed by atoms with E-state index in [2.05, 4.69) is 17.5 Å². The molecule has 1 heterocycles. The van der Waals surface area contributed by atoms with E-state index in [1.807, 2.05) is 12.1 Å². The van der Waals surface area contributed by atoms with Gasteiger partial charge in [-0.3, -0.25) is 9.59 Å². The van der Waals surface area contributed by atoms with E-state index in [4.69, 9.17) is 9.84 Å². The first kappa shape index (κ1) is 17.4. The number of carbonyl (C=O) groups is 2. The number of amides is 1. The number of aliphatic carboxylic acids is 1. The number of carbonyl (C=O) groups excluding carboxylic acids is 1. The molecule has 0 saturated heterocycles. The van der Waals surface area contributed by atoms with Crippen molar-refractivity contribution in [3.05, 3.63) is 35.2 Å².